The molecule has 0 radical (unpaired) electrons. The smallest absolute Gasteiger partial charge is 0.410 e. The van der Waals surface area contributed by atoms with Crippen LogP contribution in [0.4, 0.5) is 4.79 Å². The average Bonchev–Trinajstić information content (AvgIpc) is 2.37. The molecule has 5 heteroatoms. The molecular formula is C13H23ClN2O2. The van der Waals surface area contributed by atoms with Gasteiger partial charge in [0, 0.05) is 13.1 Å². The molecule has 0 bridgehead atoms. The number of nitrogens with zero attached hydrogens (tertiary/aromatic N) is 1. The van der Waals surface area contributed by atoms with Gasteiger partial charge in [-0.15, -0.1) is 12.4 Å². The van der Waals surface area contributed by atoms with E-state index in [9.17, 15) is 4.79 Å². The first-order chi connectivity index (χ1) is 8.26. The van der Waals surface area contributed by atoms with Crippen molar-refractivity contribution in [1.29, 1.82) is 0 Å². The summed E-state index contributed by atoms with van der Waals surface area (Å²) in [7, 11) is 0. The van der Waals surface area contributed by atoms with E-state index < -0.39 is 0 Å². The lowest BCUT2D eigenvalue weighted by Gasteiger charge is -2.44. The van der Waals surface area contributed by atoms with Crippen molar-refractivity contribution in [3.8, 4) is 0 Å². The standard InChI is InChI=1S/C13H22N2O2.ClH/c1-2-10-17-12(16)15-9-3-4-13(11-15)5-7-14-8-6-13;/h2,14H,1,3-11H2;1H. The van der Waals surface area contributed by atoms with Gasteiger partial charge in [-0.3, -0.25) is 0 Å². The molecule has 0 atom stereocenters. The van der Waals surface area contributed by atoms with Crippen molar-refractivity contribution in [2.24, 2.45) is 5.41 Å². The minimum absolute atomic E-state index is 0. The number of nitrogens with one attached hydrogen (secondary N) is 1. The van der Waals surface area contributed by atoms with Gasteiger partial charge >= 0.3 is 6.09 Å². The van der Waals surface area contributed by atoms with E-state index in [1.807, 2.05) is 4.90 Å². The van der Waals surface area contributed by atoms with Crippen LogP contribution in [0.1, 0.15) is 25.7 Å². The number of hydrogen-bond donors (Lipinski definition) is 1. The lowest BCUT2D eigenvalue weighted by Crippen LogP contribution is -2.50. The van der Waals surface area contributed by atoms with E-state index in [4.69, 9.17) is 4.74 Å². The number of rotatable bonds is 2. The molecule has 0 aliphatic carbocycles. The van der Waals surface area contributed by atoms with Gasteiger partial charge in [0.25, 0.3) is 0 Å². The van der Waals surface area contributed by atoms with Gasteiger partial charge in [-0.25, -0.2) is 4.79 Å². The second-order valence-electron chi connectivity index (χ2n) is 5.14. The predicted octanol–water partition coefficient (Wildman–Crippen LogP) is 2.20. The second-order valence-corrected chi connectivity index (χ2v) is 5.14. The minimum atomic E-state index is -0.178. The van der Waals surface area contributed by atoms with Crippen molar-refractivity contribution in [3.05, 3.63) is 12.7 Å². The minimum Gasteiger partial charge on any atom is -0.445 e. The lowest BCUT2D eigenvalue weighted by molar-refractivity contribution is 0.0445. The van der Waals surface area contributed by atoms with Crippen LogP contribution in [-0.2, 0) is 4.74 Å². The van der Waals surface area contributed by atoms with E-state index in [1.54, 1.807) is 6.08 Å². The van der Waals surface area contributed by atoms with Crippen molar-refractivity contribution < 1.29 is 9.53 Å². The van der Waals surface area contributed by atoms with Crippen LogP contribution in [0.3, 0.4) is 0 Å². The van der Waals surface area contributed by atoms with Gasteiger partial charge in [0.2, 0.25) is 0 Å². The zero-order valence-corrected chi connectivity index (χ0v) is 11.6. The fraction of sp³-hybridized carbons (Fsp3) is 0.769. The molecule has 0 aromatic rings. The summed E-state index contributed by atoms with van der Waals surface area (Å²) < 4.78 is 5.12. The van der Waals surface area contributed by atoms with Gasteiger partial charge in [0.15, 0.2) is 0 Å². The van der Waals surface area contributed by atoms with Gasteiger partial charge in [0.1, 0.15) is 6.61 Å². The molecule has 0 aromatic carbocycles. The molecule has 2 aliphatic heterocycles. The van der Waals surface area contributed by atoms with Gasteiger partial charge < -0.3 is 15.0 Å². The Morgan fingerprint density at radius 2 is 2.11 bits per heavy atom. The van der Waals surface area contributed by atoms with Crippen LogP contribution in [0.5, 0.6) is 0 Å². The van der Waals surface area contributed by atoms with E-state index >= 15 is 0 Å². The van der Waals surface area contributed by atoms with Gasteiger partial charge in [-0.05, 0) is 44.2 Å². The largest absolute Gasteiger partial charge is 0.445 e. The Kier molecular flexibility index (Phi) is 5.96. The van der Waals surface area contributed by atoms with Crippen LogP contribution in [0.2, 0.25) is 0 Å². The SMILES string of the molecule is C=CCOC(=O)N1CCCC2(CCNCC2)C1.Cl. The third kappa shape index (κ3) is 3.62. The zero-order chi connectivity index (χ0) is 12.1. The van der Waals surface area contributed by atoms with Crippen LogP contribution in [-0.4, -0.2) is 43.8 Å². The Morgan fingerprint density at radius 1 is 1.39 bits per heavy atom. The van der Waals surface area contributed by atoms with Crippen LogP contribution in [0.25, 0.3) is 0 Å². The predicted molar refractivity (Wildman–Crippen MR) is 74.1 cm³/mol. The maximum Gasteiger partial charge on any atom is 0.410 e. The van der Waals surface area contributed by atoms with Gasteiger partial charge in [0.05, 0.1) is 0 Å². The first kappa shape index (κ1) is 15.3. The molecule has 18 heavy (non-hydrogen) atoms. The van der Waals surface area contributed by atoms with E-state index in [2.05, 4.69) is 11.9 Å². The summed E-state index contributed by atoms with van der Waals surface area (Å²) in [6.07, 6.45) is 6.14. The molecule has 1 amide bonds. The molecule has 104 valence electrons. The number of halogens is 1. The molecule has 0 unspecified atom stereocenters. The quantitative estimate of drug-likeness (QED) is 0.785. The summed E-state index contributed by atoms with van der Waals surface area (Å²) in [4.78, 5) is 13.7. The number of piperidine rings is 2. The topological polar surface area (TPSA) is 41.6 Å². The molecule has 0 saturated carbocycles. The Hall–Kier alpha value is -0.740. The zero-order valence-electron chi connectivity index (χ0n) is 10.8. The molecule has 1 spiro atoms. The van der Waals surface area contributed by atoms with Crippen molar-refractivity contribution in [3.63, 3.8) is 0 Å². The summed E-state index contributed by atoms with van der Waals surface area (Å²) >= 11 is 0. The molecule has 2 aliphatic rings. The van der Waals surface area contributed by atoms with Crippen molar-refractivity contribution in [2.45, 2.75) is 25.7 Å². The molecule has 2 saturated heterocycles. The molecule has 1 N–H and O–H groups in total. The number of hydrogen-bond acceptors (Lipinski definition) is 3. The molecular weight excluding hydrogens is 252 g/mol. The summed E-state index contributed by atoms with van der Waals surface area (Å²) in [6.45, 7) is 7.73. The third-order valence-corrected chi connectivity index (χ3v) is 3.91. The normalized spacial score (nSPS) is 22.1. The van der Waals surface area contributed by atoms with Crippen molar-refractivity contribution in [2.75, 3.05) is 32.8 Å². The Morgan fingerprint density at radius 3 is 2.78 bits per heavy atom. The maximum absolute atomic E-state index is 11.8. The summed E-state index contributed by atoms with van der Waals surface area (Å²) in [5.74, 6) is 0. The molecule has 2 rings (SSSR count). The highest BCUT2D eigenvalue weighted by Crippen LogP contribution is 2.38. The summed E-state index contributed by atoms with van der Waals surface area (Å²) in [5, 5.41) is 3.39. The fourth-order valence-corrected chi connectivity index (χ4v) is 2.95. The van der Waals surface area contributed by atoms with E-state index in [1.165, 1.54) is 19.3 Å². The third-order valence-electron chi connectivity index (χ3n) is 3.91. The lowest BCUT2D eigenvalue weighted by atomic mass is 9.73. The van der Waals surface area contributed by atoms with Crippen LogP contribution >= 0.6 is 12.4 Å². The van der Waals surface area contributed by atoms with Gasteiger partial charge in [-0.1, -0.05) is 12.7 Å². The number of carbonyl (C=O) groups is 1. The highest BCUT2D eigenvalue weighted by atomic mass is 35.5. The number of likely N-dealkylation sites (tertiary alicyclic amines) is 1. The summed E-state index contributed by atoms with van der Waals surface area (Å²) in [6, 6.07) is 0. The maximum atomic E-state index is 11.8. The Bertz CT molecular complexity index is 285. The van der Waals surface area contributed by atoms with Crippen molar-refractivity contribution in [1.82, 2.24) is 10.2 Å². The second kappa shape index (κ2) is 7.00. The number of ether oxygens (including phenoxy) is 1. The number of amides is 1. The first-order valence-electron chi connectivity index (χ1n) is 6.49. The highest BCUT2D eigenvalue weighted by molar-refractivity contribution is 5.85. The molecule has 4 nitrogen and oxygen atoms in total. The van der Waals surface area contributed by atoms with E-state index in [0.29, 0.717) is 12.0 Å². The summed E-state index contributed by atoms with van der Waals surface area (Å²) in [5.41, 5.74) is 0.344. The fourth-order valence-electron chi connectivity index (χ4n) is 2.95. The van der Waals surface area contributed by atoms with E-state index in [0.717, 1.165) is 32.6 Å². The highest BCUT2D eigenvalue weighted by Gasteiger charge is 2.38. The number of carbonyl (C=O) groups excluding carboxylic acids is 1. The Balaban J connectivity index is 0.00000162. The molecule has 0 aromatic heterocycles. The first-order valence-corrected chi connectivity index (χ1v) is 6.49. The van der Waals surface area contributed by atoms with Crippen LogP contribution in [0.15, 0.2) is 12.7 Å². The van der Waals surface area contributed by atoms with E-state index in [-0.39, 0.29) is 18.5 Å². The monoisotopic (exact) mass is 274 g/mol. The Labute approximate surface area is 115 Å². The van der Waals surface area contributed by atoms with Crippen LogP contribution < -0.4 is 5.32 Å². The molecule has 2 heterocycles. The molecule has 2 fully saturated rings. The van der Waals surface area contributed by atoms with Gasteiger partial charge in [-0.2, -0.15) is 0 Å². The average molecular weight is 275 g/mol. The van der Waals surface area contributed by atoms with Crippen molar-refractivity contribution >= 4 is 18.5 Å². The van der Waals surface area contributed by atoms with Crippen LogP contribution in [0, 0.1) is 5.41 Å².